The van der Waals surface area contributed by atoms with Crippen LogP contribution in [0, 0.1) is 0 Å². The minimum atomic E-state index is -0.143. The van der Waals surface area contributed by atoms with Gasteiger partial charge in [0.25, 0.3) is 5.56 Å². The number of aromatic nitrogens is 2. The lowest BCUT2D eigenvalue weighted by molar-refractivity contribution is 0.292. The molecule has 0 amide bonds. The highest BCUT2D eigenvalue weighted by molar-refractivity contribution is 7.99. The minimum absolute atomic E-state index is 0. The zero-order valence-electron chi connectivity index (χ0n) is 19.9. The molecule has 2 rings (SSSR count). The summed E-state index contributed by atoms with van der Waals surface area (Å²) in [5.41, 5.74) is 1.09. The minimum Gasteiger partial charge on any atom is -0.493 e. The van der Waals surface area contributed by atoms with Crippen LogP contribution in [0.2, 0.25) is 0 Å². The summed E-state index contributed by atoms with van der Waals surface area (Å²) in [6, 6.07) is 9.65. The molecule has 0 bridgehead atoms. The maximum Gasteiger partial charge on any atom is 0.265 e. The van der Waals surface area contributed by atoms with Crippen molar-refractivity contribution in [2.75, 3.05) is 25.4 Å². The number of para-hydroxylation sites is 1. The van der Waals surface area contributed by atoms with Crippen LogP contribution in [0.15, 0.2) is 40.3 Å². The molecule has 0 aliphatic heterocycles. The molecule has 1 N–H and O–H groups in total. The third kappa shape index (κ3) is 8.80. The Morgan fingerprint density at radius 3 is 2.22 bits per heavy atom. The highest BCUT2D eigenvalue weighted by Gasteiger charge is 2.18. The summed E-state index contributed by atoms with van der Waals surface area (Å²) in [6.07, 6.45) is 8.36. The van der Waals surface area contributed by atoms with Crippen molar-refractivity contribution >= 4 is 24.2 Å². The van der Waals surface area contributed by atoms with Crippen LogP contribution >= 0.6 is 24.2 Å². The highest BCUT2D eigenvalue weighted by Crippen LogP contribution is 2.23. The molecule has 0 unspecified atom stereocenters. The SMILES string of the molecule is CCCCCCCc1c(O)nc(SCCN(CCC)CCC)n(-c2ccccc2)c1=O.Cl. The van der Waals surface area contributed by atoms with E-state index in [9.17, 15) is 9.90 Å². The Bertz CT molecular complexity index is 824. The van der Waals surface area contributed by atoms with E-state index in [4.69, 9.17) is 0 Å². The average Bonchev–Trinajstić information content (AvgIpc) is 2.76. The van der Waals surface area contributed by atoms with Crippen molar-refractivity contribution in [2.24, 2.45) is 0 Å². The lowest BCUT2D eigenvalue weighted by Crippen LogP contribution is -2.29. The Morgan fingerprint density at radius 1 is 0.938 bits per heavy atom. The molecular formula is C25H40ClN3O2S. The smallest absolute Gasteiger partial charge is 0.265 e. The lowest BCUT2D eigenvalue weighted by Gasteiger charge is -2.21. The average molecular weight is 482 g/mol. The fraction of sp³-hybridized carbons (Fsp3) is 0.600. The fourth-order valence-corrected chi connectivity index (χ4v) is 4.79. The van der Waals surface area contributed by atoms with Crippen molar-refractivity contribution < 1.29 is 5.11 Å². The molecule has 7 heteroatoms. The first-order chi connectivity index (χ1) is 15.1. The predicted molar refractivity (Wildman–Crippen MR) is 139 cm³/mol. The van der Waals surface area contributed by atoms with Gasteiger partial charge in [-0.15, -0.1) is 12.4 Å². The Balaban J connectivity index is 0.00000512. The van der Waals surface area contributed by atoms with Gasteiger partial charge in [0.1, 0.15) is 0 Å². The normalized spacial score (nSPS) is 11.0. The molecule has 1 heterocycles. The number of benzene rings is 1. The largest absolute Gasteiger partial charge is 0.493 e. The number of unbranched alkanes of at least 4 members (excludes halogenated alkanes) is 4. The van der Waals surface area contributed by atoms with Gasteiger partial charge in [0, 0.05) is 12.3 Å². The zero-order chi connectivity index (χ0) is 22.5. The first-order valence-corrected chi connectivity index (χ1v) is 12.9. The molecule has 5 nitrogen and oxygen atoms in total. The first-order valence-electron chi connectivity index (χ1n) is 11.9. The van der Waals surface area contributed by atoms with Crippen LogP contribution in [0.5, 0.6) is 5.88 Å². The summed E-state index contributed by atoms with van der Waals surface area (Å²) in [4.78, 5) is 20.3. The van der Waals surface area contributed by atoms with E-state index in [0.29, 0.717) is 17.1 Å². The molecular weight excluding hydrogens is 442 g/mol. The van der Waals surface area contributed by atoms with Gasteiger partial charge >= 0.3 is 0 Å². The maximum atomic E-state index is 13.4. The van der Waals surface area contributed by atoms with Crippen molar-refractivity contribution in [1.82, 2.24) is 14.5 Å². The van der Waals surface area contributed by atoms with Crippen molar-refractivity contribution in [3.8, 4) is 11.6 Å². The van der Waals surface area contributed by atoms with E-state index in [1.54, 1.807) is 16.3 Å². The molecule has 0 aliphatic rings. The summed E-state index contributed by atoms with van der Waals surface area (Å²) >= 11 is 1.54. The number of hydrogen-bond acceptors (Lipinski definition) is 5. The number of hydrogen-bond donors (Lipinski definition) is 1. The van der Waals surface area contributed by atoms with Gasteiger partial charge < -0.3 is 10.0 Å². The van der Waals surface area contributed by atoms with Crippen LogP contribution in [0.25, 0.3) is 5.69 Å². The van der Waals surface area contributed by atoms with E-state index in [1.165, 1.54) is 12.8 Å². The van der Waals surface area contributed by atoms with Crippen LogP contribution in [0.4, 0.5) is 0 Å². The quantitative estimate of drug-likeness (QED) is 0.189. The molecule has 1 aromatic carbocycles. The maximum absolute atomic E-state index is 13.4. The van der Waals surface area contributed by atoms with Crippen LogP contribution in [-0.4, -0.2) is 44.9 Å². The summed E-state index contributed by atoms with van der Waals surface area (Å²) in [5, 5.41) is 11.1. The van der Waals surface area contributed by atoms with Gasteiger partial charge in [-0.1, -0.05) is 76.4 Å². The Labute approximate surface area is 204 Å². The molecule has 32 heavy (non-hydrogen) atoms. The van der Waals surface area contributed by atoms with Crippen molar-refractivity contribution in [1.29, 1.82) is 0 Å². The van der Waals surface area contributed by atoms with E-state index in [1.807, 2.05) is 30.3 Å². The highest BCUT2D eigenvalue weighted by atomic mass is 35.5. The lowest BCUT2D eigenvalue weighted by atomic mass is 10.1. The van der Waals surface area contributed by atoms with Gasteiger partial charge in [0.05, 0.1) is 11.3 Å². The van der Waals surface area contributed by atoms with E-state index < -0.39 is 0 Å². The predicted octanol–water partition coefficient (Wildman–Crippen LogP) is 6.09. The third-order valence-corrected chi connectivity index (χ3v) is 6.31. The summed E-state index contributed by atoms with van der Waals surface area (Å²) in [6.45, 7) is 9.68. The standard InChI is InChI=1S/C25H39N3O2S.ClH/c1-4-7-8-9-13-16-22-23(29)26-25(31-20-19-27(17-5-2)18-6-3)28(24(22)30)21-14-11-10-12-15-21;/h10-12,14-15,29H,4-9,13,16-20H2,1-3H3;1H. The second kappa shape index (κ2) is 16.2. The fourth-order valence-electron chi connectivity index (χ4n) is 3.79. The molecule has 0 saturated carbocycles. The van der Waals surface area contributed by atoms with Gasteiger partial charge in [0.2, 0.25) is 5.88 Å². The number of thioether (sulfide) groups is 1. The molecule has 0 radical (unpaired) electrons. The first kappa shape index (κ1) is 28.5. The molecule has 1 aromatic heterocycles. The van der Waals surface area contributed by atoms with Crippen molar-refractivity contribution in [3.05, 3.63) is 46.2 Å². The van der Waals surface area contributed by atoms with Crippen LogP contribution in [0.1, 0.15) is 71.3 Å². The van der Waals surface area contributed by atoms with Crippen LogP contribution in [-0.2, 0) is 6.42 Å². The van der Waals surface area contributed by atoms with Gasteiger partial charge in [-0.05, 0) is 50.9 Å². The van der Waals surface area contributed by atoms with Crippen LogP contribution in [0.3, 0.4) is 0 Å². The topological polar surface area (TPSA) is 58.4 Å². The molecule has 2 aromatic rings. The number of halogens is 1. The van der Waals surface area contributed by atoms with Crippen molar-refractivity contribution in [2.45, 2.75) is 77.3 Å². The van der Waals surface area contributed by atoms with E-state index in [0.717, 1.165) is 63.2 Å². The van der Waals surface area contributed by atoms with Gasteiger partial charge in [-0.2, -0.15) is 4.98 Å². The number of nitrogens with zero attached hydrogens (tertiary/aromatic N) is 3. The molecule has 0 spiro atoms. The Morgan fingerprint density at radius 2 is 1.59 bits per heavy atom. The molecule has 0 atom stereocenters. The van der Waals surface area contributed by atoms with Crippen LogP contribution < -0.4 is 5.56 Å². The summed E-state index contributed by atoms with van der Waals surface area (Å²) < 4.78 is 1.68. The van der Waals surface area contributed by atoms with E-state index in [2.05, 4.69) is 30.7 Å². The second-order valence-electron chi connectivity index (χ2n) is 8.03. The van der Waals surface area contributed by atoms with E-state index >= 15 is 0 Å². The second-order valence-corrected chi connectivity index (χ2v) is 9.09. The zero-order valence-corrected chi connectivity index (χ0v) is 21.5. The Kier molecular flexibility index (Phi) is 14.4. The molecule has 0 saturated heterocycles. The molecule has 0 aliphatic carbocycles. The van der Waals surface area contributed by atoms with Gasteiger partial charge in [-0.25, -0.2) is 0 Å². The Hall–Kier alpha value is -1.50. The summed E-state index contributed by atoms with van der Waals surface area (Å²) in [7, 11) is 0. The summed E-state index contributed by atoms with van der Waals surface area (Å²) in [5.74, 6) is 0.726. The number of rotatable bonds is 15. The van der Waals surface area contributed by atoms with E-state index in [-0.39, 0.29) is 23.8 Å². The molecule has 0 fully saturated rings. The van der Waals surface area contributed by atoms with Gasteiger partial charge in [0.15, 0.2) is 5.16 Å². The number of aromatic hydroxyl groups is 1. The third-order valence-electron chi connectivity index (χ3n) is 5.39. The van der Waals surface area contributed by atoms with Gasteiger partial charge in [-0.3, -0.25) is 9.36 Å². The van der Waals surface area contributed by atoms with Crippen molar-refractivity contribution in [3.63, 3.8) is 0 Å². The monoisotopic (exact) mass is 481 g/mol. The molecule has 180 valence electrons.